The van der Waals surface area contributed by atoms with E-state index >= 15 is 0 Å². The SMILES string of the molecule is Cn1cc(C(=O)N2CCC(c3ccc(F)cc3)CC2)c(Nc2ccc(F)cc2C#N)c(Cl)c1=O. The van der Waals surface area contributed by atoms with Gasteiger partial charge in [0.25, 0.3) is 11.5 Å². The Balaban J connectivity index is 1.61. The smallest absolute Gasteiger partial charge is 0.271 e. The molecule has 1 fully saturated rings. The van der Waals surface area contributed by atoms with Gasteiger partial charge in [-0.25, -0.2) is 8.78 Å². The molecule has 0 radical (unpaired) electrons. The van der Waals surface area contributed by atoms with Crippen LogP contribution in [0.4, 0.5) is 20.2 Å². The quantitative estimate of drug-likeness (QED) is 0.570. The van der Waals surface area contributed by atoms with Gasteiger partial charge >= 0.3 is 0 Å². The number of pyridine rings is 1. The number of hydrogen-bond acceptors (Lipinski definition) is 4. The molecule has 2 aromatic carbocycles. The van der Waals surface area contributed by atoms with Crippen LogP contribution in [0.25, 0.3) is 0 Å². The molecule has 4 rings (SSSR count). The van der Waals surface area contributed by atoms with E-state index in [2.05, 4.69) is 5.32 Å². The molecule has 9 heteroatoms. The van der Waals surface area contributed by atoms with E-state index in [9.17, 15) is 23.6 Å². The van der Waals surface area contributed by atoms with Gasteiger partial charge in [0, 0.05) is 26.3 Å². The minimum Gasteiger partial charge on any atom is -0.352 e. The molecule has 2 heterocycles. The van der Waals surface area contributed by atoms with Gasteiger partial charge in [0.2, 0.25) is 0 Å². The molecule has 6 nitrogen and oxygen atoms in total. The molecule has 1 N–H and O–H groups in total. The number of carbonyl (C=O) groups excluding carboxylic acids is 1. The first-order valence-electron chi connectivity index (χ1n) is 10.7. The molecule has 174 valence electrons. The molecule has 1 amide bonds. The van der Waals surface area contributed by atoms with Crippen molar-refractivity contribution < 1.29 is 13.6 Å². The zero-order chi connectivity index (χ0) is 24.4. The van der Waals surface area contributed by atoms with Crippen molar-refractivity contribution in [2.75, 3.05) is 18.4 Å². The lowest BCUT2D eigenvalue weighted by Crippen LogP contribution is -2.39. The summed E-state index contributed by atoms with van der Waals surface area (Å²) in [5.41, 5.74) is 0.982. The number of benzene rings is 2. The molecule has 1 aromatic heterocycles. The first kappa shape index (κ1) is 23.5. The number of aryl methyl sites for hydroxylation is 1. The number of amides is 1. The molecule has 0 saturated carbocycles. The third-order valence-electron chi connectivity index (χ3n) is 6.04. The zero-order valence-corrected chi connectivity index (χ0v) is 19.1. The largest absolute Gasteiger partial charge is 0.352 e. The Morgan fingerprint density at radius 3 is 2.41 bits per heavy atom. The van der Waals surface area contributed by atoms with Gasteiger partial charge in [-0.05, 0) is 54.7 Å². The fraction of sp³-hybridized carbons (Fsp3) is 0.240. The van der Waals surface area contributed by atoms with Crippen LogP contribution in [0.5, 0.6) is 0 Å². The van der Waals surface area contributed by atoms with Crippen molar-refractivity contribution in [3.8, 4) is 6.07 Å². The lowest BCUT2D eigenvalue weighted by atomic mass is 9.89. The monoisotopic (exact) mass is 482 g/mol. The maximum atomic E-state index is 13.6. The Labute approximate surface area is 200 Å². The van der Waals surface area contributed by atoms with Crippen LogP contribution in [0.1, 0.15) is 40.2 Å². The van der Waals surface area contributed by atoms with Gasteiger partial charge in [-0.1, -0.05) is 23.7 Å². The summed E-state index contributed by atoms with van der Waals surface area (Å²) < 4.78 is 28.0. The topological polar surface area (TPSA) is 78.1 Å². The highest BCUT2D eigenvalue weighted by atomic mass is 35.5. The number of carbonyl (C=O) groups is 1. The van der Waals surface area contributed by atoms with Crippen LogP contribution in [0.3, 0.4) is 0 Å². The number of likely N-dealkylation sites (tertiary alicyclic amines) is 1. The van der Waals surface area contributed by atoms with Crippen LogP contribution < -0.4 is 10.9 Å². The maximum Gasteiger partial charge on any atom is 0.271 e. The molecule has 0 atom stereocenters. The minimum atomic E-state index is -0.586. The van der Waals surface area contributed by atoms with Crippen molar-refractivity contribution in [1.82, 2.24) is 9.47 Å². The first-order valence-corrected chi connectivity index (χ1v) is 11.1. The van der Waals surface area contributed by atoms with E-state index in [4.69, 9.17) is 11.6 Å². The number of rotatable bonds is 4. The van der Waals surface area contributed by atoms with Gasteiger partial charge in [-0.15, -0.1) is 0 Å². The number of hydrogen-bond donors (Lipinski definition) is 1. The van der Waals surface area contributed by atoms with Gasteiger partial charge in [-0.3, -0.25) is 9.59 Å². The van der Waals surface area contributed by atoms with Crippen molar-refractivity contribution in [1.29, 1.82) is 5.26 Å². The van der Waals surface area contributed by atoms with Gasteiger partial charge in [0.1, 0.15) is 22.7 Å². The summed E-state index contributed by atoms with van der Waals surface area (Å²) in [7, 11) is 1.49. The second kappa shape index (κ2) is 9.65. The molecule has 0 bridgehead atoms. The average Bonchev–Trinajstić information content (AvgIpc) is 2.85. The van der Waals surface area contributed by atoms with Crippen LogP contribution in [-0.4, -0.2) is 28.5 Å². The van der Waals surface area contributed by atoms with E-state index in [-0.39, 0.29) is 45.2 Å². The predicted octanol–water partition coefficient (Wildman–Crippen LogP) is 4.95. The second-order valence-corrected chi connectivity index (χ2v) is 8.57. The fourth-order valence-electron chi connectivity index (χ4n) is 4.16. The van der Waals surface area contributed by atoms with Gasteiger partial charge in [-0.2, -0.15) is 5.26 Å². The lowest BCUT2D eigenvalue weighted by Gasteiger charge is -2.33. The summed E-state index contributed by atoms with van der Waals surface area (Å²) in [4.78, 5) is 27.6. The summed E-state index contributed by atoms with van der Waals surface area (Å²) in [6, 6.07) is 11.9. The maximum absolute atomic E-state index is 13.6. The number of halogens is 3. The van der Waals surface area contributed by atoms with Crippen molar-refractivity contribution in [3.63, 3.8) is 0 Å². The van der Waals surface area contributed by atoms with Crippen LogP contribution in [0.15, 0.2) is 53.5 Å². The third-order valence-corrected chi connectivity index (χ3v) is 6.39. The van der Waals surface area contributed by atoms with Crippen molar-refractivity contribution >= 4 is 28.9 Å². The standard InChI is InChI=1S/C25H21ClF2N4O2/c1-31-14-20(23(22(26)25(31)34)30-21-7-6-19(28)12-17(21)13-29)24(33)32-10-8-16(9-11-32)15-2-4-18(27)5-3-15/h2-7,12,14,16,30H,8-11H2,1H3. The molecule has 0 spiro atoms. The molecule has 1 aliphatic heterocycles. The van der Waals surface area contributed by atoms with Crippen LogP contribution in [0.2, 0.25) is 5.02 Å². The van der Waals surface area contributed by atoms with Crippen LogP contribution in [0, 0.1) is 23.0 Å². The van der Waals surface area contributed by atoms with E-state index in [1.165, 1.54) is 42.1 Å². The molecule has 0 unspecified atom stereocenters. The van der Waals surface area contributed by atoms with Crippen molar-refractivity contribution in [2.24, 2.45) is 7.05 Å². The summed E-state index contributed by atoms with van der Waals surface area (Å²) in [5, 5.41) is 12.0. The molecular formula is C25H21ClF2N4O2. The Morgan fingerprint density at radius 2 is 1.76 bits per heavy atom. The van der Waals surface area contributed by atoms with E-state index in [1.807, 2.05) is 6.07 Å². The second-order valence-electron chi connectivity index (χ2n) is 8.19. The van der Waals surface area contributed by atoms with Gasteiger partial charge in [0.05, 0.1) is 22.5 Å². The molecular weight excluding hydrogens is 462 g/mol. The Kier molecular flexibility index (Phi) is 6.66. The summed E-state index contributed by atoms with van der Waals surface area (Å²) in [6.07, 6.45) is 2.81. The van der Waals surface area contributed by atoms with Crippen molar-refractivity contribution in [3.05, 3.63) is 92.4 Å². The Morgan fingerprint density at radius 1 is 1.12 bits per heavy atom. The number of piperidine rings is 1. The van der Waals surface area contributed by atoms with E-state index in [0.717, 1.165) is 11.6 Å². The van der Waals surface area contributed by atoms with Crippen molar-refractivity contribution in [2.45, 2.75) is 18.8 Å². The highest BCUT2D eigenvalue weighted by molar-refractivity contribution is 6.34. The number of nitriles is 1. The summed E-state index contributed by atoms with van der Waals surface area (Å²) in [6.45, 7) is 0.946. The van der Waals surface area contributed by atoms with E-state index < -0.39 is 11.4 Å². The van der Waals surface area contributed by atoms with Gasteiger partial charge in [0.15, 0.2) is 0 Å². The Bertz CT molecular complexity index is 1340. The van der Waals surface area contributed by atoms with Gasteiger partial charge < -0.3 is 14.8 Å². The normalized spacial score (nSPS) is 14.0. The predicted molar refractivity (Wildman–Crippen MR) is 125 cm³/mol. The van der Waals surface area contributed by atoms with Crippen LogP contribution in [-0.2, 0) is 7.05 Å². The van der Waals surface area contributed by atoms with E-state index in [1.54, 1.807) is 17.0 Å². The molecule has 1 saturated heterocycles. The molecule has 0 aliphatic carbocycles. The highest BCUT2D eigenvalue weighted by Gasteiger charge is 2.28. The molecule has 34 heavy (non-hydrogen) atoms. The summed E-state index contributed by atoms with van der Waals surface area (Å²) >= 11 is 6.33. The number of anilines is 2. The molecule has 1 aliphatic rings. The zero-order valence-electron chi connectivity index (χ0n) is 18.3. The highest BCUT2D eigenvalue weighted by Crippen LogP contribution is 2.32. The average molecular weight is 483 g/mol. The van der Waals surface area contributed by atoms with E-state index in [0.29, 0.717) is 25.9 Å². The number of aromatic nitrogens is 1. The number of nitrogens with one attached hydrogen (secondary N) is 1. The first-order chi connectivity index (χ1) is 16.3. The minimum absolute atomic E-state index is 0.00950. The summed E-state index contributed by atoms with van der Waals surface area (Å²) in [5.74, 6) is -0.984. The Hall–Kier alpha value is -3.70. The van der Waals surface area contributed by atoms with Crippen LogP contribution >= 0.6 is 11.6 Å². The third kappa shape index (κ3) is 4.66. The molecule has 3 aromatic rings. The lowest BCUT2D eigenvalue weighted by molar-refractivity contribution is 0.0713. The fourth-order valence-corrected chi connectivity index (χ4v) is 4.44. The number of nitrogens with zero attached hydrogens (tertiary/aromatic N) is 3.